The highest BCUT2D eigenvalue weighted by Gasteiger charge is 2.34. The minimum Gasteiger partial charge on any atom is -0.389 e. The van der Waals surface area contributed by atoms with Crippen molar-refractivity contribution >= 4 is 15.9 Å². The van der Waals surface area contributed by atoms with Crippen molar-refractivity contribution in [3.8, 4) is 0 Å². The van der Waals surface area contributed by atoms with Crippen molar-refractivity contribution in [2.24, 2.45) is 5.73 Å². The van der Waals surface area contributed by atoms with Gasteiger partial charge in [0.25, 0.3) is 0 Å². The third-order valence-electron chi connectivity index (χ3n) is 3.22. The molecule has 0 saturated carbocycles. The fourth-order valence-electron chi connectivity index (χ4n) is 2.27. The Labute approximate surface area is 109 Å². The van der Waals surface area contributed by atoms with Crippen LogP contribution in [-0.4, -0.2) is 47.0 Å². The Balaban J connectivity index is 2.20. The van der Waals surface area contributed by atoms with Crippen LogP contribution in [0.1, 0.15) is 11.6 Å². The van der Waals surface area contributed by atoms with Gasteiger partial charge in [-0.3, -0.25) is 4.90 Å². The normalized spacial score (nSPS) is 27.3. The van der Waals surface area contributed by atoms with Crippen LogP contribution in [0.2, 0.25) is 0 Å². The Morgan fingerprint density at radius 1 is 1.29 bits per heavy atom. The second-order valence-corrected chi connectivity index (χ2v) is 5.22. The van der Waals surface area contributed by atoms with Gasteiger partial charge in [-0.2, -0.15) is 0 Å². The number of nitrogens with two attached hydrogens (primary N) is 1. The summed E-state index contributed by atoms with van der Waals surface area (Å²) in [5.74, 6) is 0. The van der Waals surface area contributed by atoms with Gasteiger partial charge >= 0.3 is 0 Å². The lowest BCUT2D eigenvalue weighted by Crippen LogP contribution is -2.33. The first-order valence-corrected chi connectivity index (χ1v) is 6.47. The predicted octanol–water partition coefficient (Wildman–Crippen LogP) is 0.486. The van der Waals surface area contributed by atoms with E-state index in [0.717, 1.165) is 10.0 Å². The lowest BCUT2D eigenvalue weighted by Gasteiger charge is -2.27. The van der Waals surface area contributed by atoms with Gasteiger partial charge in [-0.25, -0.2) is 0 Å². The van der Waals surface area contributed by atoms with E-state index in [1.165, 1.54) is 0 Å². The Morgan fingerprint density at radius 2 is 1.88 bits per heavy atom. The summed E-state index contributed by atoms with van der Waals surface area (Å²) in [6.45, 7) is 1.39. The quantitative estimate of drug-likeness (QED) is 0.760. The number of aliphatic hydroxyl groups excluding tert-OH is 2. The van der Waals surface area contributed by atoms with Crippen LogP contribution < -0.4 is 5.73 Å². The Morgan fingerprint density at radius 3 is 2.41 bits per heavy atom. The molecule has 94 valence electrons. The second-order valence-electron chi connectivity index (χ2n) is 4.36. The standard InChI is InChI=1S/C12H17BrN2O2/c13-9-4-2-1-3-8(9)10(5-14)15-6-11(16)12(17)7-15/h1-4,10-12,16-17H,5-7,14H2. The fraction of sp³-hybridized carbons (Fsp3) is 0.500. The maximum Gasteiger partial charge on any atom is 0.0938 e. The molecule has 4 N–H and O–H groups in total. The number of aliphatic hydroxyl groups is 2. The molecule has 1 saturated heterocycles. The molecule has 1 heterocycles. The number of β-amino-alcohol motifs (C(OH)–C–C–N with tert-alkyl or cyclic N) is 2. The molecule has 2 rings (SSSR count). The number of benzene rings is 1. The molecule has 1 aliphatic heterocycles. The minimum atomic E-state index is -0.675. The van der Waals surface area contributed by atoms with Crippen LogP contribution in [0.3, 0.4) is 0 Å². The van der Waals surface area contributed by atoms with Gasteiger partial charge in [0.1, 0.15) is 0 Å². The lowest BCUT2D eigenvalue weighted by molar-refractivity contribution is 0.0572. The molecule has 1 aliphatic rings. The van der Waals surface area contributed by atoms with Crippen LogP contribution in [0.4, 0.5) is 0 Å². The Bertz CT molecular complexity index is 379. The summed E-state index contributed by atoms with van der Waals surface area (Å²) in [5.41, 5.74) is 6.91. The van der Waals surface area contributed by atoms with Crippen molar-refractivity contribution in [1.82, 2.24) is 4.90 Å². The first-order valence-electron chi connectivity index (χ1n) is 5.68. The van der Waals surface area contributed by atoms with Crippen molar-refractivity contribution in [1.29, 1.82) is 0 Å². The molecule has 0 aromatic heterocycles. The number of rotatable bonds is 3. The molecule has 5 heteroatoms. The van der Waals surface area contributed by atoms with Gasteiger partial charge in [-0.05, 0) is 11.6 Å². The number of hydrogen-bond donors (Lipinski definition) is 3. The summed E-state index contributed by atoms with van der Waals surface area (Å²) in [4.78, 5) is 2.02. The summed E-state index contributed by atoms with van der Waals surface area (Å²) in [5, 5.41) is 19.2. The molecular formula is C12H17BrN2O2. The molecule has 0 amide bonds. The number of likely N-dealkylation sites (tertiary alicyclic amines) is 1. The summed E-state index contributed by atoms with van der Waals surface area (Å²) >= 11 is 3.51. The third-order valence-corrected chi connectivity index (χ3v) is 3.94. The molecule has 0 radical (unpaired) electrons. The largest absolute Gasteiger partial charge is 0.389 e. The molecule has 17 heavy (non-hydrogen) atoms. The van der Waals surface area contributed by atoms with E-state index in [1.807, 2.05) is 29.2 Å². The highest BCUT2D eigenvalue weighted by Crippen LogP contribution is 2.29. The lowest BCUT2D eigenvalue weighted by atomic mass is 10.1. The number of halogens is 1. The molecule has 1 aromatic rings. The van der Waals surface area contributed by atoms with Crippen LogP contribution in [0.25, 0.3) is 0 Å². The highest BCUT2D eigenvalue weighted by molar-refractivity contribution is 9.10. The molecule has 0 bridgehead atoms. The fourth-order valence-corrected chi connectivity index (χ4v) is 2.82. The maximum atomic E-state index is 9.58. The molecule has 3 unspecified atom stereocenters. The predicted molar refractivity (Wildman–Crippen MR) is 69.5 cm³/mol. The van der Waals surface area contributed by atoms with E-state index in [9.17, 15) is 10.2 Å². The molecule has 0 aliphatic carbocycles. The van der Waals surface area contributed by atoms with Crippen molar-refractivity contribution in [2.75, 3.05) is 19.6 Å². The van der Waals surface area contributed by atoms with Crippen LogP contribution in [0.15, 0.2) is 28.7 Å². The third kappa shape index (κ3) is 2.69. The van der Waals surface area contributed by atoms with Crippen molar-refractivity contribution < 1.29 is 10.2 Å². The average molecular weight is 301 g/mol. The zero-order chi connectivity index (χ0) is 12.4. The molecule has 4 nitrogen and oxygen atoms in total. The Hall–Kier alpha value is -0.460. The number of hydrogen-bond acceptors (Lipinski definition) is 4. The van der Waals surface area contributed by atoms with E-state index < -0.39 is 12.2 Å². The average Bonchev–Trinajstić information content (AvgIpc) is 2.63. The summed E-state index contributed by atoms with van der Waals surface area (Å²) in [6, 6.07) is 7.93. The van der Waals surface area contributed by atoms with Crippen molar-refractivity contribution in [3.63, 3.8) is 0 Å². The van der Waals surface area contributed by atoms with Crippen molar-refractivity contribution in [2.45, 2.75) is 18.2 Å². The van der Waals surface area contributed by atoms with E-state index in [4.69, 9.17) is 5.73 Å². The van der Waals surface area contributed by atoms with Gasteiger partial charge in [0, 0.05) is 30.1 Å². The van der Waals surface area contributed by atoms with Gasteiger partial charge in [-0.15, -0.1) is 0 Å². The first kappa shape index (κ1) is 13.0. The van der Waals surface area contributed by atoms with E-state index in [-0.39, 0.29) is 6.04 Å². The highest BCUT2D eigenvalue weighted by atomic mass is 79.9. The van der Waals surface area contributed by atoms with Gasteiger partial charge in [-0.1, -0.05) is 34.1 Å². The second kappa shape index (κ2) is 5.46. The molecular weight excluding hydrogens is 284 g/mol. The summed E-state index contributed by atoms with van der Waals surface area (Å²) in [7, 11) is 0. The topological polar surface area (TPSA) is 69.7 Å². The zero-order valence-corrected chi connectivity index (χ0v) is 11.0. The van der Waals surface area contributed by atoms with Crippen LogP contribution >= 0.6 is 15.9 Å². The summed E-state index contributed by atoms with van der Waals surface area (Å²) < 4.78 is 1.01. The maximum absolute atomic E-state index is 9.58. The van der Waals surface area contributed by atoms with Crippen LogP contribution in [-0.2, 0) is 0 Å². The zero-order valence-electron chi connectivity index (χ0n) is 9.46. The smallest absolute Gasteiger partial charge is 0.0938 e. The van der Waals surface area contributed by atoms with Gasteiger partial charge < -0.3 is 15.9 Å². The van der Waals surface area contributed by atoms with Gasteiger partial charge in [0.2, 0.25) is 0 Å². The minimum absolute atomic E-state index is 0.0253. The number of nitrogens with zero attached hydrogens (tertiary/aromatic N) is 1. The van der Waals surface area contributed by atoms with Crippen LogP contribution in [0, 0.1) is 0 Å². The van der Waals surface area contributed by atoms with Crippen LogP contribution in [0.5, 0.6) is 0 Å². The molecule has 1 aromatic carbocycles. The van der Waals surface area contributed by atoms with E-state index in [0.29, 0.717) is 19.6 Å². The Kier molecular flexibility index (Phi) is 4.17. The SMILES string of the molecule is NCC(c1ccccc1Br)N1CC(O)C(O)C1. The summed E-state index contributed by atoms with van der Waals surface area (Å²) in [6.07, 6.45) is -1.35. The van der Waals surface area contributed by atoms with Crippen molar-refractivity contribution in [3.05, 3.63) is 34.3 Å². The van der Waals surface area contributed by atoms with Gasteiger partial charge in [0.15, 0.2) is 0 Å². The van der Waals surface area contributed by atoms with Gasteiger partial charge in [0.05, 0.1) is 12.2 Å². The van der Waals surface area contributed by atoms with E-state index in [2.05, 4.69) is 15.9 Å². The molecule has 1 fully saturated rings. The van der Waals surface area contributed by atoms with E-state index >= 15 is 0 Å². The molecule has 0 spiro atoms. The van der Waals surface area contributed by atoms with E-state index in [1.54, 1.807) is 0 Å². The first-order chi connectivity index (χ1) is 8.13. The monoisotopic (exact) mass is 300 g/mol. The molecule has 3 atom stereocenters.